The van der Waals surface area contributed by atoms with Crippen LogP contribution in [-0.2, 0) is 16.2 Å². The lowest BCUT2D eigenvalue weighted by Crippen LogP contribution is -2.36. The molecular weight excluding hydrogens is 669 g/mol. The van der Waals surface area contributed by atoms with E-state index in [9.17, 15) is 18.8 Å². The highest BCUT2D eigenvalue weighted by molar-refractivity contribution is 14.1. The van der Waals surface area contributed by atoms with Crippen LogP contribution in [0.15, 0.2) is 59.5 Å². The second kappa shape index (κ2) is 12.4. The maximum atomic E-state index is 13.1. The van der Waals surface area contributed by atoms with Gasteiger partial charge in [-0.15, -0.1) is 0 Å². The molecule has 0 spiro atoms. The number of rotatable bonds is 8. The van der Waals surface area contributed by atoms with Crippen molar-refractivity contribution in [2.45, 2.75) is 6.61 Å². The first-order chi connectivity index (χ1) is 18.1. The number of halogens is 4. The molecule has 1 saturated heterocycles. The zero-order valence-electron chi connectivity index (χ0n) is 19.6. The Morgan fingerprint density at radius 1 is 1.11 bits per heavy atom. The Morgan fingerprint density at radius 2 is 1.84 bits per heavy atom. The Morgan fingerprint density at radius 3 is 2.53 bits per heavy atom. The molecule has 0 atom stereocenters. The van der Waals surface area contributed by atoms with Gasteiger partial charge in [0, 0.05) is 5.69 Å². The van der Waals surface area contributed by atoms with Gasteiger partial charge in [0.25, 0.3) is 11.1 Å². The zero-order valence-corrected chi connectivity index (χ0v) is 24.1. The molecule has 1 aliphatic rings. The lowest BCUT2D eigenvalue weighted by atomic mass is 10.1. The first kappa shape index (κ1) is 28.2. The number of benzene rings is 3. The summed E-state index contributed by atoms with van der Waals surface area (Å²) in [5.74, 6) is -0.692. The minimum absolute atomic E-state index is 0.159. The maximum Gasteiger partial charge on any atom is 0.294 e. The van der Waals surface area contributed by atoms with Gasteiger partial charge in [-0.25, -0.2) is 4.39 Å². The summed E-state index contributed by atoms with van der Waals surface area (Å²) in [6, 6.07) is 13.8. The number of hydrogen-bond donors (Lipinski definition) is 1. The maximum absolute atomic E-state index is 13.1. The van der Waals surface area contributed by atoms with Crippen molar-refractivity contribution in [1.29, 1.82) is 0 Å². The van der Waals surface area contributed by atoms with Crippen LogP contribution in [0, 0.1) is 9.39 Å². The van der Waals surface area contributed by atoms with Crippen LogP contribution in [0.1, 0.15) is 11.1 Å². The van der Waals surface area contributed by atoms with Crippen molar-refractivity contribution in [3.8, 4) is 11.5 Å². The van der Waals surface area contributed by atoms with Gasteiger partial charge in [-0.2, -0.15) is 0 Å². The Balaban J connectivity index is 1.46. The van der Waals surface area contributed by atoms with E-state index < -0.39 is 29.4 Å². The van der Waals surface area contributed by atoms with Gasteiger partial charge in [0.2, 0.25) is 5.91 Å². The van der Waals surface area contributed by atoms with Crippen LogP contribution < -0.4 is 14.8 Å². The third-order valence-electron chi connectivity index (χ3n) is 5.22. The van der Waals surface area contributed by atoms with Gasteiger partial charge in [-0.05, 0) is 100 Å². The third-order valence-corrected chi connectivity index (χ3v) is 7.67. The molecule has 1 N–H and O–H groups in total. The molecule has 3 aromatic rings. The first-order valence-electron chi connectivity index (χ1n) is 10.9. The van der Waals surface area contributed by atoms with E-state index in [1.54, 1.807) is 36.4 Å². The number of ether oxygens (including phenoxy) is 2. The van der Waals surface area contributed by atoms with E-state index in [1.165, 1.54) is 31.4 Å². The van der Waals surface area contributed by atoms with E-state index in [1.807, 2.05) is 0 Å². The summed E-state index contributed by atoms with van der Waals surface area (Å²) in [5, 5.41) is 2.84. The van der Waals surface area contributed by atoms with Crippen LogP contribution in [0.4, 0.5) is 14.9 Å². The van der Waals surface area contributed by atoms with Crippen molar-refractivity contribution in [2.24, 2.45) is 0 Å². The average molecular weight is 687 g/mol. The SMILES string of the molecule is COc1cc(/C=C2\SC(=O)N(CC(=O)Nc3ccc(F)cc3)C2=O)cc(I)c1OCc1ccc(Cl)c(Cl)c1. The topological polar surface area (TPSA) is 84.9 Å². The fourth-order valence-corrected chi connectivity index (χ4v) is 5.35. The minimum atomic E-state index is -0.594. The van der Waals surface area contributed by atoms with E-state index in [4.69, 9.17) is 32.7 Å². The van der Waals surface area contributed by atoms with Gasteiger partial charge in [0.15, 0.2) is 11.5 Å². The molecule has 0 bridgehead atoms. The molecule has 12 heteroatoms. The van der Waals surface area contributed by atoms with Gasteiger partial charge >= 0.3 is 0 Å². The van der Waals surface area contributed by atoms with Crippen molar-refractivity contribution < 1.29 is 28.2 Å². The fourth-order valence-electron chi connectivity index (χ4n) is 3.41. The van der Waals surface area contributed by atoms with Gasteiger partial charge in [0.1, 0.15) is 19.0 Å². The Bertz CT molecular complexity index is 1450. The predicted octanol–water partition coefficient (Wildman–Crippen LogP) is 7.00. The highest BCUT2D eigenvalue weighted by Gasteiger charge is 2.36. The molecule has 3 amide bonds. The largest absolute Gasteiger partial charge is 0.493 e. The Labute approximate surface area is 245 Å². The Hall–Kier alpha value is -2.80. The van der Waals surface area contributed by atoms with Crippen LogP contribution in [0.3, 0.4) is 0 Å². The number of methoxy groups -OCH3 is 1. The van der Waals surface area contributed by atoms with Crippen LogP contribution in [0.5, 0.6) is 11.5 Å². The molecule has 3 aromatic carbocycles. The average Bonchev–Trinajstić information content (AvgIpc) is 3.13. The number of carbonyl (C=O) groups excluding carboxylic acids is 3. The summed E-state index contributed by atoms with van der Waals surface area (Å²) in [7, 11) is 1.49. The number of imide groups is 1. The van der Waals surface area contributed by atoms with Crippen molar-refractivity contribution in [1.82, 2.24) is 4.90 Å². The second-order valence-electron chi connectivity index (χ2n) is 7.89. The van der Waals surface area contributed by atoms with E-state index in [0.717, 1.165) is 22.2 Å². The highest BCUT2D eigenvalue weighted by atomic mass is 127. The summed E-state index contributed by atoms with van der Waals surface area (Å²) < 4.78 is 25.2. The van der Waals surface area contributed by atoms with Crippen LogP contribution >= 0.6 is 57.6 Å². The van der Waals surface area contributed by atoms with Crippen LogP contribution in [0.2, 0.25) is 10.0 Å². The molecule has 0 saturated carbocycles. The molecule has 38 heavy (non-hydrogen) atoms. The molecule has 0 aromatic heterocycles. The monoisotopic (exact) mass is 686 g/mol. The molecule has 0 unspecified atom stereocenters. The number of carbonyl (C=O) groups is 3. The summed E-state index contributed by atoms with van der Waals surface area (Å²) in [4.78, 5) is 38.7. The summed E-state index contributed by atoms with van der Waals surface area (Å²) >= 11 is 14.9. The molecule has 1 fully saturated rings. The molecule has 7 nitrogen and oxygen atoms in total. The molecule has 4 rings (SSSR count). The lowest BCUT2D eigenvalue weighted by Gasteiger charge is -2.14. The second-order valence-corrected chi connectivity index (χ2v) is 10.9. The van der Waals surface area contributed by atoms with Crippen LogP contribution in [0.25, 0.3) is 6.08 Å². The third kappa shape index (κ3) is 6.79. The standard InChI is InChI=1S/C26H18Cl2FIN2O5S/c1-36-21-10-15(9-20(30)24(21)37-13-14-2-7-18(27)19(28)8-14)11-22-25(34)32(26(35)38-22)12-23(33)31-17-5-3-16(29)4-6-17/h2-11H,12-13H2,1H3,(H,31,33)/b22-11-. The molecular formula is C26H18Cl2FIN2O5S. The number of anilines is 1. The number of nitrogens with zero attached hydrogens (tertiary/aromatic N) is 1. The van der Waals surface area contributed by atoms with E-state index in [-0.39, 0.29) is 11.5 Å². The van der Waals surface area contributed by atoms with E-state index >= 15 is 0 Å². The van der Waals surface area contributed by atoms with Crippen molar-refractivity contribution in [3.63, 3.8) is 0 Å². The molecule has 1 heterocycles. The van der Waals surface area contributed by atoms with E-state index in [2.05, 4.69) is 27.9 Å². The summed E-state index contributed by atoms with van der Waals surface area (Å²) in [5.41, 5.74) is 1.77. The van der Waals surface area contributed by atoms with Gasteiger partial charge in [-0.3, -0.25) is 19.3 Å². The zero-order chi connectivity index (χ0) is 27.4. The van der Waals surface area contributed by atoms with E-state index in [0.29, 0.717) is 36.4 Å². The van der Waals surface area contributed by atoms with Crippen molar-refractivity contribution in [2.75, 3.05) is 19.0 Å². The molecule has 1 aliphatic heterocycles. The van der Waals surface area contributed by atoms with Gasteiger partial charge in [-0.1, -0.05) is 29.3 Å². The first-order valence-corrected chi connectivity index (χ1v) is 13.5. The van der Waals surface area contributed by atoms with Crippen molar-refractivity contribution in [3.05, 3.63) is 90.1 Å². The highest BCUT2D eigenvalue weighted by Crippen LogP contribution is 2.38. The minimum Gasteiger partial charge on any atom is -0.493 e. The van der Waals surface area contributed by atoms with Gasteiger partial charge in [0.05, 0.1) is 25.6 Å². The van der Waals surface area contributed by atoms with Gasteiger partial charge < -0.3 is 14.8 Å². The molecule has 0 aliphatic carbocycles. The molecule has 0 radical (unpaired) electrons. The normalized spacial score (nSPS) is 14.2. The van der Waals surface area contributed by atoms with Crippen molar-refractivity contribution >= 4 is 86.4 Å². The lowest BCUT2D eigenvalue weighted by molar-refractivity contribution is -0.127. The smallest absolute Gasteiger partial charge is 0.294 e. The molecule has 196 valence electrons. The summed E-state index contributed by atoms with van der Waals surface area (Å²) in [6.45, 7) is -0.247. The quantitative estimate of drug-likeness (QED) is 0.203. The number of nitrogens with one attached hydrogen (secondary N) is 1. The number of hydrogen-bond acceptors (Lipinski definition) is 6. The van der Waals surface area contributed by atoms with Crippen LogP contribution in [-0.4, -0.2) is 35.6 Å². The number of thioether (sulfide) groups is 1. The summed E-state index contributed by atoms with van der Waals surface area (Å²) in [6.07, 6.45) is 1.55. The fraction of sp³-hybridized carbons (Fsp3) is 0.115. The Kier molecular flexibility index (Phi) is 9.19. The number of amides is 3. The predicted molar refractivity (Wildman–Crippen MR) is 154 cm³/mol.